The summed E-state index contributed by atoms with van der Waals surface area (Å²) in [6, 6.07) is 13.0. The zero-order valence-corrected chi connectivity index (χ0v) is 14.0. The standard InChI is InChI=1S/C19H22N2O3/c1-23-17-8-9-18(24-2)14(11-17)12-21(16-6-7-16)19(22)13-4-3-5-15(20)10-13/h3-5,8-11,16H,6-7,12,20H2,1-2H3. The number of nitrogens with two attached hydrogens (primary N) is 1. The summed E-state index contributed by atoms with van der Waals surface area (Å²) in [7, 11) is 3.26. The van der Waals surface area contributed by atoms with Gasteiger partial charge in [0.25, 0.3) is 5.91 Å². The van der Waals surface area contributed by atoms with Gasteiger partial charge in [0.2, 0.25) is 0 Å². The number of rotatable bonds is 6. The van der Waals surface area contributed by atoms with E-state index in [0.717, 1.165) is 29.9 Å². The molecule has 0 radical (unpaired) electrons. The van der Waals surface area contributed by atoms with Crippen LogP contribution in [0.15, 0.2) is 42.5 Å². The Morgan fingerprint density at radius 1 is 1.17 bits per heavy atom. The Morgan fingerprint density at radius 3 is 2.58 bits per heavy atom. The molecular weight excluding hydrogens is 304 g/mol. The molecule has 0 atom stereocenters. The maximum Gasteiger partial charge on any atom is 0.254 e. The van der Waals surface area contributed by atoms with Gasteiger partial charge in [-0.2, -0.15) is 0 Å². The third-order valence-corrected chi connectivity index (χ3v) is 4.21. The van der Waals surface area contributed by atoms with Gasteiger partial charge in [0.1, 0.15) is 11.5 Å². The number of nitrogen functional groups attached to an aromatic ring is 1. The van der Waals surface area contributed by atoms with Gasteiger partial charge in [0, 0.05) is 22.9 Å². The lowest BCUT2D eigenvalue weighted by atomic mass is 10.1. The predicted molar refractivity (Wildman–Crippen MR) is 93.3 cm³/mol. The van der Waals surface area contributed by atoms with Crippen LogP contribution in [0.2, 0.25) is 0 Å². The highest BCUT2D eigenvalue weighted by molar-refractivity contribution is 5.95. The van der Waals surface area contributed by atoms with Gasteiger partial charge in [-0.1, -0.05) is 6.07 Å². The molecule has 0 heterocycles. The molecule has 0 spiro atoms. The molecule has 2 aromatic rings. The fourth-order valence-electron chi connectivity index (χ4n) is 2.78. The fourth-order valence-corrected chi connectivity index (χ4v) is 2.78. The van der Waals surface area contributed by atoms with Crippen molar-refractivity contribution in [2.24, 2.45) is 0 Å². The van der Waals surface area contributed by atoms with Crippen molar-refractivity contribution in [1.82, 2.24) is 4.90 Å². The number of carbonyl (C=O) groups is 1. The first-order valence-corrected chi connectivity index (χ1v) is 8.00. The van der Waals surface area contributed by atoms with Crippen LogP contribution in [0.5, 0.6) is 11.5 Å². The minimum atomic E-state index is -0.00493. The second kappa shape index (κ2) is 6.83. The van der Waals surface area contributed by atoms with Crippen LogP contribution in [0.25, 0.3) is 0 Å². The normalized spacial score (nSPS) is 13.4. The summed E-state index contributed by atoms with van der Waals surface area (Å²) in [5.41, 5.74) is 7.96. The molecule has 5 nitrogen and oxygen atoms in total. The van der Waals surface area contributed by atoms with Gasteiger partial charge >= 0.3 is 0 Å². The third-order valence-electron chi connectivity index (χ3n) is 4.21. The number of hydrogen-bond donors (Lipinski definition) is 1. The summed E-state index contributed by atoms with van der Waals surface area (Å²) < 4.78 is 10.7. The number of carbonyl (C=O) groups excluding carboxylic acids is 1. The molecule has 1 amide bonds. The van der Waals surface area contributed by atoms with Crippen molar-refractivity contribution >= 4 is 11.6 Å². The summed E-state index contributed by atoms with van der Waals surface area (Å²) in [5, 5.41) is 0. The van der Waals surface area contributed by atoms with Crippen LogP contribution in [-0.2, 0) is 6.54 Å². The molecular formula is C19H22N2O3. The Hall–Kier alpha value is -2.69. The maximum absolute atomic E-state index is 12.9. The van der Waals surface area contributed by atoms with E-state index in [-0.39, 0.29) is 11.9 Å². The summed E-state index contributed by atoms with van der Waals surface area (Å²) in [6.45, 7) is 0.485. The second-order valence-corrected chi connectivity index (χ2v) is 5.97. The Morgan fingerprint density at radius 2 is 1.96 bits per heavy atom. The van der Waals surface area contributed by atoms with Crippen molar-refractivity contribution in [3.05, 3.63) is 53.6 Å². The summed E-state index contributed by atoms with van der Waals surface area (Å²) >= 11 is 0. The van der Waals surface area contributed by atoms with Gasteiger partial charge in [0.05, 0.1) is 20.8 Å². The van der Waals surface area contributed by atoms with Crippen LogP contribution < -0.4 is 15.2 Å². The van der Waals surface area contributed by atoms with E-state index in [1.165, 1.54) is 0 Å². The number of amides is 1. The van der Waals surface area contributed by atoms with E-state index in [1.54, 1.807) is 38.5 Å². The Balaban J connectivity index is 1.88. The molecule has 0 unspecified atom stereocenters. The summed E-state index contributed by atoms with van der Waals surface area (Å²) in [5.74, 6) is 1.49. The van der Waals surface area contributed by atoms with Crippen molar-refractivity contribution in [2.75, 3.05) is 20.0 Å². The lowest BCUT2D eigenvalue weighted by molar-refractivity contribution is 0.0728. The van der Waals surface area contributed by atoms with Crippen molar-refractivity contribution in [2.45, 2.75) is 25.4 Å². The number of hydrogen-bond acceptors (Lipinski definition) is 4. The molecule has 5 heteroatoms. The molecule has 3 rings (SSSR count). The van der Waals surface area contributed by atoms with E-state index >= 15 is 0 Å². The Bertz CT molecular complexity index is 741. The largest absolute Gasteiger partial charge is 0.497 e. The first-order chi connectivity index (χ1) is 11.6. The molecule has 126 valence electrons. The molecule has 1 fully saturated rings. The number of ether oxygens (including phenoxy) is 2. The monoisotopic (exact) mass is 326 g/mol. The van der Waals surface area contributed by atoms with Crippen molar-refractivity contribution in [3.8, 4) is 11.5 Å². The van der Waals surface area contributed by atoms with Gasteiger partial charge in [0.15, 0.2) is 0 Å². The smallest absolute Gasteiger partial charge is 0.254 e. The lowest BCUT2D eigenvalue weighted by Gasteiger charge is -2.24. The van der Waals surface area contributed by atoms with Gasteiger partial charge in [-0.15, -0.1) is 0 Å². The molecule has 1 aliphatic carbocycles. The van der Waals surface area contributed by atoms with Crippen molar-refractivity contribution in [1.29, 1.82) is 0 Å². The SMILES string of the molecule is COc1ccc(OC)c(CN(C(=O)c2cccc(N)c2)C2CC2)c1. The maximum atomic E-state index is 12.9. The van der Waals surface area contributed by atoms with E-state index in [2.05, 4.69) is 0 Å². The molecule has 0 bridgehead atoms. The fraction of sp³-hybridized carbons (Fsp3) is 0.316. The molecule has 2 aromatic carbocycles. The van der Waals surface area contributed by atoms with Gasteiger partial charge in [-0.25, -0.2) is 0 Å². The number of anilines is 1. The Kier molecular flexibility index (Phi) is 4.60. The molecule has 0 saturated heterocycles. The average Bonchev–Trinajstić information content (AvgIpc) is 3.43. The molecule has 24 heavy (non-hydrogen) atoms. The van der Waals surface area contributed by atoms with Crippen molar-refractivity contribution in [3.63, 3.8) is 0 Å². The number of benzene rings is 2. The van der Waals surface area contributed by atoms with E-state index in [1.807, 2.05) is 23.1 Å². The van der Waals surface area contributed by atoms with Crippen LogP contribution in [0.1, 0.15) is 28.8 Å². The highest BCUT2D eigenvalue weighted by atomic mass is 16.5. The number of nitrogens with zero attached hydrogens (tertiary/aromatic N) is 1. The molecule has 0 aliphatic heterocycles. The zero-order chi connectivity index (χ0) is 17.1. The van der Waals surface area contributed by atoms with Gasteiger partial charge in [-0.3, -0.25) is 4.79 Å². The molecule has 1 aliphatic rings. The average molecular weight is 326 g/mol. The van der Waals surface area contributed by atoms with Gasteiger partial charge in [-0.05, 0) is 49.2 Å². The van der Waals surface area contributed by atoms with E-state index < -0.39 is 0 Å². The van der Waals surface area contributed by atoms with Crippen LogP contribution in [0.4, 0.5) is 5.69 Å². The topological polar surface area (TPSA) is 64.8 Å². The van der Waals surface area contributed by atoms with Gasteiger partial charge < -0.3 is 20.1 Å². The molecule has 2 N–H and O–H groups in total. The first kappa shape index (κ1) is 16.2. The third kappa shape index (κ3) is 3.45. The quantitative estimate of drug-likeness (QED) is 0.829. The second-order valence-electron chi connectivity index (χ2n) is 5.97. The highest BCUT2D eigenvalue weighted by Crippen LogP contribution is 2.33. The summed E-state index contributed by atoms with van der Waals surface area (Å²) in [4.78, 5) is 14.8. The van der Waals surface area contributed by atoms with Crippen LogP contribution in [0, 0.1) is 0 Å². The van der Waals surface area contributed by atoms with E-state index in [9.17, 15) is 4.79 Å². The van der Waals surface area contributed by atoms with Crippen LogP contribution in [-0.4, -0.2) is 31.1 Å². The first-order valence-electron chi connectivity index (χ1n) is 8.00. The molecule has 0 aromatic heterocycles. The van der Waals surface area contributed by atoms with Crippen LogP contribution >= 0.6 is 0 Å². The number of methoxy groups -OCH3 is 2. The van der Waals surface area contributed by atoms with E-state index in [4.69, 9.17) is 15.2 Å². The van der Waals surface area contributed by atoms with Crippen molar-refractivity contribution < 1.29 is 14.3 Å². The highest BCUT2D eigenvalue weighted by Gasteiger charge is 2.33. The van der Waals surface area contributed by atoms with Crippen LogP contribution in [0.3, 0.4) is 0 Å². The van der Waals surface area contributed by atoms with E-state index in [0.29, 0.717) is 17.8 Å². The molecule has 1 saturated carbocycles. The summed E-state index contributed by atoms with van der Waals surface area (Å²) in [6.07, 6.45) is 2.06. The Labute approximate surface area is 142 Å². The predicted octanol–water partition coefficient (Wildman–Crippen LogP) is 3.09. The minimum Gasteiger partial charge on any atom is -0.497 e. The minimum absolute atomic E-state index is 0.00493. The zero-order valence-electron chi connectivity index (χ0n) is 14.0. The lowest BCUT2D eigenvalue weighted by Crippen LogP contribution is -2.32.